The van der Waals surface area contributed by atoms with Crippen LogP contribution in [0.3, 0.4) is 0 Å². The Morgan fingerprint density at radius 2 is 1.97 bits per heavy atom. The van der Waals surface area contributed by atoms with Crippen molar-refractivity contribution < 1.29 is 27.4 Å². The number of carbonyl (C=O) groups is 3. The van der Waals surface area contributed by atoms with Gasteiger partial charge in [0.05, 0.1) is 6.04 Å². The minimum absolute atomic E-state index is 0. The van der Waals surface area contributed by atoms with Crippen molar-refractivity contribution in [3.05, 3.63) is 35.9 Å². The van der Waals surface area contributed by atoms with Gasteiger partial charge in [-0.2, -0.15) is 20.2 Å². The molecule has 1 aromatic carbocycles. The Morgan fingerprint density at radius 3 is 2.55 bits per heavy atom. The van der Waals surface area contributed by atoms with E-state index in [1.807, 2.05) is 6.26 Å². The Balaban J connectivity index is 0.00000300. The number of carbonyl (C=O) groups excluding carboxylic acids is 3. The summed E-state index contributed by atoms with van der Waals surface area (Å²) < 4.78 is 32.2. The molecule has 0 unspecified atom stereocenters. The van der Waals surface area contributed by atoms with E-state index in [1.54, 1.807) is 30.3 Å². The van der Waals surface area contributed by atoms with Gasteiger partial charge in [0.2, 0.25) is 5.91 Å². The number of likely N-dealkylation sites (tertiary alicyclic amines) is 1. The normalized spacial score (nSPS) is 21.7. The number of fused-ring (bicyclic) bond motifs is 1. The van der Waals surface area contributed by atoms with Gasteiger partial charge in [0.25, 0.3) is 11.8 Å². The van der Waals surface area contributed by atoms with E-state index in [0.29, 0.717) is 22.0 Å². The van der Waals surface area contributed by atoms with Crippen LogP contribution in [0.4, 0.5) is 0 Å². The molecule has 0 radical (unpaired) electrons. The second-order valence-corrected chi connectivity index (χ2v) is 8.89. The topological polar surface area (TPSA) is 124 Å². The van der Waals surface area contributed by atoms with E-state index >= 15 is 0 Å². The van der Waals surface area contributed by atoms with Crippen LogP contribution in [0.25, 0.3) is 0 Å². The Bertz CT molecular complexity index is 882. The maximum atomic E-state index is 13.0. The first-order chi connectivity index (χ1) is 13.3. The zero-order valence-corrected chi connectivity index (χ0v) is 16.8. The Labute approximate surface area is 195 Å². The van der Waals surface area contributed by atoms with E-state index in [2.05, 4.69) is 5.32 Å². The number of β-lactam (4-membered cyclic amide) rings is 1. The number of hydrogen-bond donors (Lipinski definition) is 2. The molecule has 2 fully saturated rings. The first-order valence-corrected chi connectivity index (χ1v) is 11.5. The molecular formula is C17H22N3NaO6S2. The summed E-state index contributed by atoms with van der Waals surface area (Å²) in [5, 5.41) is 2.72. The molecule has 29 heavy (non-hydrogen) atoms. The zero-order chi connectivity index (χ0) is 20.5. The van der Waals surface area contributed by atoms with Crippen LogP contribution in [0.15, 0.2) is 30.3 Å². The number of amides is 3. The summed E-state index contributed by atoms with van der Waals surface area (Å²) in [5.41, 5.74) is 0.418. The molecule has 2 aliphatic rings. The van der Waals surface area contributed by atoms with Crippen LogP contribution in [-0.2, 0) is 19.9 Å². The third-order valence-electron chi connectivity index (χ3n) is 4.92. The third-order valence-corrected chi connectivity index (χ3v) is 6.51. The molecule has 3 rings (SSSR count). The number of nitrogens with one attached hydrogen (secondary N) is 1. The first kappa shape index (κ1) is 24.2. The zero-order valence-electron chi connectivity index (χ0n) is 15.1. The van der Waals surface area contributed by atoms with Crippen LogP contribution in [0, 0.1) is 0 Å². The molecule has 0 aromatic heterocycles. The van der Waals surface area contributed by atoms with Gasteiger partial charge in [-0.15, -0.1) is 0 Å². The third kappa shape index (κ3) is 4.97. The van der Waals surface area contributed by atoms with Crippen molar-refractivity contribution in [3.8, 4) is 0 Å². The number of rotatable bonds is 7. The van der Waals surface area contributed by atoms with Crippen molar-refractivity contribution in [3.63, 3.8) is 0 Å². The van der Waals surface area contributed by atoms with Crippen molar-refractivity contribution in [2.24, 2.45) is 0 Å². The van der Waals surface area contributed by atoms with Gasteiger partial charge in [0.15, 0.2) is 0 Å². The van der Waals surface area contributed by atoms with Gasteiger partial charge in [0.1, 0.15) is 12.1 Å². The summed E-state index contributed by atoms with van der Waals surface area (Å²) in [6.45, 7) is 0.183. The Kier molecular flexibility index (Phi) is 8.16. The number of hydrogen-bond acceptors (Lipinski definition) is 6. The standard InChI is InChI=1S/C17H21N3O6S2.Na.H/c1-27-10-8-12(18-15(21)11-5-3-2-4-6-11)16(22)19-9-7-13-14(19)17(23)20(13)28(24,25)26;;/h2-6,12-14H,7-10H2,1H3,(H,18,21)(H,24,25,26);;/t12-,13+,14-;;/m0../s1. The van der Waals surface area contributed by atoms with E-state index in [-0.39, 0.29) is 42.5 Å². The van der Waals surface area contributed by atoms with E-state index < -0.39 is 46.2 Å². The summed E-state index contributed by atoms with van der Waals surface area (Å²) in [5.74, 6) is -1.01. The molecule has 3 atom stereocenters. The molecule has 2 heterocycles. The second-order valence-electron chi connectivity index (χ2n) is 6.62. The molecule has 2 N–H and O–H groups in total. The summed E-state index contributed by atoms with van der Waals surface area (Å²) >= 11 is 1.52. The molecule has 0 spiro atoms. The fourth-order valence-corrected chi connectivity index (χ4v) is 4.96. The quantitative estimate of drug-likeness (QED) is 0.326. The van der Waals surface area contributed by atoms with Crippen LogP contribution >= 0.6 is 11.8 Å². The Hall–Kier alpha value is -1.11. The van der Waals surface area contributed by atoms with Crippen molar-refractivity contribution in [1.82, 2.24) is 14.5 Å². The molecule has 3 amide bonds. The summed E-state index contributed by atoms with van der Waals surface area (Å²) in [6, 6.07) is 5.99. The summed E-state index contributed by atoms with van der Waals surface area (Å²) in [4.78, 5) is 39.0. The van der Waals surface area contributed by atoms with E-state index in [9.17, 15) is 22.8 Å². The van der Waals surface area contributed by atoms with Crippen LogP contribution in [0.2, 0.25) is 0 Å². The molecule has 9 nitrogen and oxygen atoms in total. The number of benzene rings is 1. The number of nitrogens with zero attached hydrogens (tertiary/aromatic N) is 2. The molecular weight excluding hydrogens is 429 g/mol. The first-order valence-electron chi connectivity index (χ1n) is 8.71. The van der Waals surface area contributed by atoms with Gasteiger partial charge >= 0.3 is 39.9 Å². The van der Waals surface area contributed by atoms with Gasteiger partial charge in [-0.3, -0.25) is 18.9 Å². The predicted octanol–water partition coefficient (Wildman–Crippen LogP) is -0.496. The molecule has 12 heteroatoms. The fraction of sp³-hybridized carbons (Fsp3) is 0.471. The van der Waals surface area contributed by atoms with Gasteiger partial charge < -0.3 is 10.2 Å². The molecule has 154 valence electrons. The molecule has 2 saturated heterocycles. The summed E-state index contributed by atoms with van der Waals surface area (Å²) in [6.07, 6.45) is 2.51. The monoisotopic (exact) mass is 451 g/mol. The van der Waals surface area contributed by atoms with Gasteiger partial charge in [0, 0.05) is 12.1 Å². The minimum atomic E-state index is -4.64. The van der Waals surface area contributed by atoms with E-state index in [0.717, 1.165) is 0 Å². The molecule has 0 aliphatic carbocycles. The van der Waals surface area contributed by atoms with Crippen molar-refractivity contribution >= 4 is 69.3 Å². The van der Waals surface area contributed by atoms with Crippen LogP contribution in [0.1, 0.15) is 23.2 Å². The van der Waals surface area contributed by atoms with Crippen LogP contribution in [0.5, 0.6) is 0 Å². The molecule has 0 saturated carbocycles. The predicted molar refractivity (Wildman–Crippen MR) is 110 cm³/mol. The van der Waals surface area contributed by atoms with Gasteiger partial charge in [-0.05, 0) is 37.0 Å². The molecule has 0 bridgehead atoms. The van der Waals surface area contributed by atoms with Gasteiger partial charge in [-0.25, -0.2) is 4.31 Å². The average Bonchev–Trinajstić information content (AvgIpc) is 3.02. The van der Waals surface area contributed by atoms with Crippen molar-refractivity contribution in [2.45, 2.75) is 31.0 Å². The average molecular weight is 452 g/mol. The van der Waals surface area contributed by atoms with Gasteiger partial charge in [-0.1, -0.05) is 18.2 Å². The SMILES string of the molecule is CSCC[C@H](NC(=O)c1ccccc1)C(=O)N1CC[C@@H]2[C@H]1C(=O)N2S(=O)(=O)O.[NaH]. The second kappa shape index (κ2) is 9.80. The fourth-order valence-electron chi connectivity index (χ4n) is 3.59. The van der Waals surface area contributed by atoms with Crippen LogP contribution < -0.4 is 5.32 Å². The maximum absolute atomic E-state index is 13.0. The summed E-state index contributed by atoms with van der Waals surface area (Å²) in [7, 11) is -4.64. The van der Waals surface area contributed by atoms with Crippen molar-refractivity contribution in [2.75, 3.05) is 18.6 Å². The Morgan fingerprint density at radius 1 is 1.31 bits per heavy atom. The van der Waals surface area contributed by atoms with Crippen molar-refractivity contribution in [1.29, 1.82) is 0 Å². The molecule has 1 aromatic rings. The number of thioether (sulfide) groups is 1. The van der Waals surface area contributed by atoms with E-state index in [4.69, 9.17) is 4.55 Å². The van der Waals surface area contributed by atoms with E-state index in [1.165, 1.54) is 16.7 Å². The van der Waals surface area contributed by atoms with Crippen LogP contribution in [-0.4, -0.2) is 106 Å². The molecule has 2 aliphatic heterocycles.